The van der Waals surface area contributed by atoms with Gasteiger partial charge in [-0.15, -0.1) is 0 Å². The Balaban J connectivity index is 1.29. The number of carbonyl (C=O) groups excluding carboxylic acids is 1. The number of ether oxygens (including phenoxy) is 1. The van der Waals surface area contributed by atoms with E-state index >= 15 is 0 Å². The van der Waals surface area contributed by atoms with Crippen molar-refractivity contribution in [1.29, 1.82) is 0 Å². The predicted octanol–water partition coefficient (Wildman–Crippen LogP) is 1.60. The molecule has 1 spiro atoms. The maximum atomic E-state index is 14.9. The second kappa shape index (κ2) is 7.14. The van der Waals surface area contributed by atoms with Crippen molar-refractivity contribution in [3.8, 4) is 0 Å². The van der Waals surface area contributed by atoms with Gasteiger partial charge in [0, 0.05) is 30.6 Å². The number of aromatic nitrogens is 3. The van der Waals surface area contributed by atoms with Crippen molar-refractivity contribution in [2.24, 2.45) is 5.41 Å². The highest BCUT2D eigenvalue weighted by Crippen LogP contribution is 2.44. The van der Waals surface area contributed by atoms with E-state index in [0.717, 1.165) is 12.1 Å². The molecular weight excluding hydrogens is 432 g/mol. The van der Waals surface area contributed by atoms with Crippen LogP contribution < -0.4 is 9.80 Å². The highest BCUT2D eigenvalue weighted by atomic mass is 32.2. The number of nitrogens with zero attached hydrogens (tertiary/aromatic N) is 5. The second-order valence-corrected chi connectivity index (χ2v) is 10.6. The SMILES string of the molecule is O=C1O[C@@H](Cn2cncn2)CN1c1cc(F)c(N2CCC3(CC2)CS(=O)(=O)C3)c(F)c1. The third-order valence-electron chi connectivity index (χ3n) is 6.24. The van der Waals surface area contributed by atoms with Gasteiger partial charge in [-0.2, -0.15) is 5.10 Å². The zero-order chi connectivity index (χ0) is 21.8. The first-order valence-corrected chi connectivity index (χ1v) is 11.8. The first-order valence-electron chi connectivity index (χ1n) is 9.99. The summed E-state index contributed by atoms with van der Waals surface area (Å²) in [7, 11) is -2.95. The molecule has 3 fully saturated rings. The van der Waals surface area contributed by atoms with Gasteiger partial charge >= 0.3 is 6.09 Å². The van der Waals surface area contributed by atoms with Gasteiger partial charge in [-0.05, 0) is 12.8 Å². The summed E-state index contributed by atoms with van der Waals surface area (Å²) in [5, 5.41) is 3.96. The van der Waals surface area contributed by atoms with Gasteiger partial charge in [0.05, 0.1) is 30.3 Å². The van der Waals surface area contributed by atoms with Crippen molar-refractivity contribution < 1.29 is 26.7 Å². The van der Waals surface area contributed by atoms with Crippen LogP contribution in [0, 0.1) is 17.0 Å². The fraction of sp³-hybridized carbons (Fsp3) is 0.526. The molecule has 0 saturated carbocycles. The number of anilines is 2. The molecule has 166 valence electrons. The van der Waals surface area contributed by atoms with E-state index in [0.29, 0.717) is 25.9 Å². The first-order chi connectivity index (χ1) is 14.7. The molecule has 3 aliphatic rings. The third-order valence-corrected chi connectivity index (χ3v) is 8.34. The fourth-order valence-corrected chi connectivity index (χ4v) is 7.12. The molecule has 1 aromatic heterocycles. The normalized spacial score (nSPS) is 24.3. The standard InChI is InChI=1S/C19H21F2N5O4S/c20-15-5-13(26-8-14(30-18(26)27)7-25-12-22-11-23-25)6-16(21)17(15)24-3-1-19(2-4-24)9-31(28,29)10-19/h5-6,11-12,14H,1-4,7-10H2/t14-/m0/s1. The highest BCUT2D eigenvalue weighted by Gasteiger charge is 2.49. The Hall–Kier alpha value is -2.76. The summed E-state index contributed by atoms with van der Waals surface area (Å²) in [6.45, 7) is 1.19. The smallest absolute Gasteiger partial charge is 0.414 e. The van der Waals surface area contributed by atoms with E-state index in [9.17, 15) is 22.0 Å². The van der Waals surface area contributed by atoms with Gasteiger partial charge in [0.25, 0.3) is 0 Å². The second-order valence-electron chi connectivity index (χ2n) is 8.51. The van der Waals surface area contributed by atoms with E-state index in [1.807, 2.05) is 0 Å². The van der Waals surface area contributed by atoms with Crippen molar-refractivity contribution in [1.82, 2.24) is 14.8 Å². The number of halogens is 2. The molecule has 0 radical (unpaired) electrons. The van der Waals surface area contributed by atoms with E-state index in [1.54, 1.807) is 4.90 Å². The van der Waals surface area contributed by atoms with Crippen LogP contribution in [0.4, 0.5) is 25.0 Å². The average Bonchev–Trinajstić information content (AvgIpc) is 3.31. The van der Waals surface area contributed by atoms with Crippen LogP contribution in [0.1, 0.15) is 12.8 Å². The number of hydrogen-bond acceptors (Lipinski definition) is 7. The van der Waals surface area contributed by atoms with Gasteiger partial charge in [-0.1, -0.05) is 0 Å². The largest absolute Gasteiger partial charge is 0.442 e. The minimum absolute atomic E-state index is 0.0865. The zero-order valence-electron chi connectivity index (χ0n) is 16.6. The minimum atomic E-state index is -2.95. The van der Waals surface area contributed by atoms with E-state index in [4.69, 9.17) is 4.74 Å². The summed E-state index contributed by atoms with van der Waals surface area (Å²) in [6.07, 6.45) is 2.82. The number of sulfone groups is 1. The van der Waals surface area contributed by atoms with Gasteiger partial charge in [0.1, 0.15) is 24.4 Å². The lowest BCUT2D eigenvalue weighted by Crippen LogP contribution is -2.54. The Morgan fingerprint density at radius 2 is 1.84 bits per heavy atom. The molecule has 0 N–H and O–H groups in total. The molecule has 1 aromatic carbocycles. The number of rotatable bonds is 4. The maximum absolute atomic E-state index is 14.9. The molecule has 9 nitrogen and oxygen atoms in total. The van der Waals surface area contributed by atoms with Gasteiger partial charge in [0.2, 0.25) is 0 Å². The van der Waals surface area contributed by atoms with Crippen LogP contribution in [0.25, 0.3) is 0 Å². The Kier molecular flexibility index (Phi) is 4.65. The van der Waals surface area contributed by atoms with Crippen molar-refractivity contribution in [2.45, 2.75) is 25.5 Å². The number of hydrogen-bond donors (Lipinski definition) is 0. The molecule has 12 heteroatoms. The van der Waals surface area contributed by atoms with E-state index in [2.05, 4.69) is 10.1 Å². The number of cyclic esters (lactones) is 1. The lowest BCUT2D eigenvalue weighted by Gasteiger charge is -2.47. The summed E-state index contributed by atoms with van der Waals surface area (Å²) in [5.74, 6) is -1.21. The van der Waals surface area contributed by atoms with Crippen LogP contribution in [0.5, 0.6) is 0 Å². The van der Waals surface area contributed by atoms with E-state index < -0.39 is 33.7 Å². The van der Waals surface area contributed by atoms with E-state index in [1.165, 1.54) is 22.2 Å². The molecule has 1 atom stereocenters. The van der Waals surface area contributed by atoms with Crippen molar-refractivity contribution in [2.75, 3.05) is 40.9 Å². The molecule has 2 aromatic rings. The molecule has 3 saturated heterocycles. The Morgan fingerprint density at radius 3 is 2.42 bits per heavy atom. The van der Waals surface area contributed by atoms with Crippen molar-refractivity contribution in [3.05, 3.63) is 36.4 Å². The topological polar surface area (TPSA) is 97.6 Å². The Labute approximate surface area is 177 Å². The maximum Gasteiger partial charge on any atom is 0.414 e. The summed E-state index contributed by atoms with van der Waals surface area (Å²) < 4.78 is 59.7. The Bertz CT molecular complexity index is 1080. The lowest BCUT2D eigenvalue weighted by atomic mass is 9.81. The summed E-state index contributed by atoms with van der Waals surface area (Å²) >= 11 is 0. The highest BCUT2D eigenvalue weighted by molar-refractivity contribution is 7.92. The van der Waals surface area contributed by atoms with Crippen LogP contribution in [0.2, 0.25) is 0 Å². The van der Waals surface area contributed by atoms with Crippen LogP contribution in [-0.4, -0.2) is 66.5 Å². The van der Waals surface area contributed by atoms with Gasteiger partial charge in [0.15, 0.2) is 21.5 Å². The van der Waals surface area contributed by atoms with E-state index in [-0.39, 0.29) is 41.4 Å². The molecule has 0 aliphatic carbocycles. The van der Waals surface area contributed by atoms with Gasteiger partial charge < -0.3 is 9.64 Å². The van der Waals surface area contributed by atoms with Gasteiger partial charge in [-0.25, -0.2) is 31.7 Å². The lowest BCUT2D eigenvalue weighted by molar-refractivity contribution is 0.129. The number of benzene rings is 1. The molecule has 1 amide bonds. The molecule has 0 bridgehead atoms. The molecule has 4 heterocycles. The predicted molar refractivity (Wildman–Crippen MR) is 107 cm³/mol. The average molecular weight is 453 g/mol. The number of carbonyl (C=O) groups is 1. The third kappa shape index (κ3) is 3.73. The van der Waals surface area contributed by atoms with Crippen molar-refractivity contribution in [3.63, 3.8) is 0 Å². The van der Waals surface area contributed by atoms with Crippen LogP contribution in [0.3, 0.4) is 0 Å². The zero-order valence-corrected chi connectivity index (χ0v) is 17.4. The van der Waals surface area contributed by atoms with Crippen molar-refractivity contribution >= 4 is 27.3 Å². The molecule has 0 unspecified atom stereocenters. The molecule has 5 rings (SSSR count). The number of piperidine rings is 1. The molecular formula is C19H21F2N5O4S. The minimum Gasteiger partial charge on any atom is -0.442 e. The monoisotopic (exact) mass is 453 g/mol. The summed E-state index contributed by atoms with van der Waals surface area (Å²) in [5.41, 5.74) is -0.309. The van der Waals surface area contributed by atoms with Crippen LogP contribution in [0.15, 0.2) is 24.8 Å². The summed E-state index contributed by atoms with van der Waals surface area (Å²) in [6, 6.07) is 2.27. The molecule has 31 heavy (non-hydrogen) atoms. The van der Waals surface area contributed by atoms with Crippen LogP contribution in [-0.2, 0) is 21.1 Å². The Morgan fingerprint density at radius 1 is 1.16 bits per heavy atom. The molecule has 3 aliphatic heterocycles. The fourth-order valence-electron chi connectivity index (χ4n) is 4.76. The first kappa shape index (κ1) is 20.2. The summed E-state index contributed by atoms with van der Waals surface area (Å²) in [4.78, 5) is 18.9. The quantitative estimate of drug-likeness (QED) is 0.694. The van der Waals surface area contributed by atoms with Crippen LogP contribution >= 0.6 is 0 Å². The number of amides is 1. The van der Waals surface area contributed by atoms with Gasteiger partial charge in [-0.3, -0.25) is 4.90 Å².